The normalized spacial score (nSPS) is 17.2. The number of aliphatic carboxylic acids is 1. The number of carboxylic acid groups (broad SMARTS) is 1. The van der Waals surface area contributed by atoms with Gasteiger partial charge >= 0.3 is 12.1 Å². The predicted molar refractivity (Wildman–Crippen MR) is 121 cm³/mol. The van der Waals surface area contributed by atoms with Crippen LogP contribution in [0.2, 0.25) is 0 Å². The van der Waals surface area contributed by atoms with Gasteiger partial charge in [-0.25, -0.2) is 18.6 Å². The topological polar surface area (TPSA) is 108 Å². The lowest BCUT2D eigenvalue weighted by Gasteiger charge is -2.37. The van der Waals surface area contributed by atoms with Gasteiger partial charge in [0.05, 0.1) is 29.3 Å². The first-order valence-corrected chi connectivity index (χ1v) is 10.9. The average molecular weight is 522 g/mol. The minimum Gasteiger partial charge on any atom is -0.475 e. The van der Waals surface area contributed by atoms with Crippen LogP contribution in [0.25, 0.3) is 21.8 Å². The van der Waals surface area contributed by atoms with Crippen LogP contribution in [0.5, 0.6) is 5.88 Å². The van der Waals surface area contributed by atoms with Crippen molar-refractivity contribution in [2.45, 2.75) is 24.6 Å². The molecule has 5 rings (SSSR count). The quantitative estimate of drug-likeness (QED) is 0.379. The van der Waals surface area contributed by atoms with Gasteiger partial charge in [-0.15, -0.1) is 0 Å². The first-order chi connectivity index (χ1) is 17.5. The number of nitrogens with zero attached hydrogens (tertiary/aromatic N) is 3. The number of halogens is 5. The molecule has 0 radical (unpaired) electrons. The van der Waals surface area contributed by atoms with Crippen LogP contribution in [-0.4, -0.2) is 68.1 Å². The molecule has 1 aromatic carbocycles. The second kappa shape index (κ2) is 9.99. The van der Waals surface area contributed by atoms with Gasteiger partial charge in [-0.1, -0.05) is 18.2 Å². The zero-order chi connectivity index (χ0) is 26.8. The van der Waals surface area contributed by atoms with Crippen LogP contribution in [0.1, 0.15) is 16.8 Å². The van der Waals surface area contributed by atoms with E-state index in [9.17, 15) is 26.7 Å². The van der Waals surface area contributed by atoms with Crippen LogP contribution in [0.4, 0.5) is 22.0 Å². The van der Waals surface area contributed by atoms with Gasteiger partial charge in [0.2, 0.25) is 5.88 Å². The summed E-state index contributed by atoms with van der Waals surface area (Å²) in [6, 6.07) is 12.5. The minimum atomic E-state index is -5.08. The highest BCUT2D eigenvalue weighted by molar-refractivity contribution is 6.06. The molecule has 37 heavy (non-hydrogen) atoms. The van der Waals surface area contributed by atoms with Gasteiger partial charge in [0.25, 0.3) is 11.8 Å². The number of alkyl halides is 5. The number of amides is 1. The van der Waals surface area contributed by atoms with Crippen molar-refractivity contribution in [1.82, 2.24) is 19.9 Å². The van der Waals surface area contributed by atoms with Gasteiger partial charge in [0, 0.05) is 42.2 Å². The average Bonchev–Trinajstić information content (AvgIpc) is 3.29. The molecule has 1 atom stereocenters. The molecule has 0 spiro atoms. The van der Waals surface area contributed by atoms with E-state index in [1.54, 1.807) is 42.9 Å². The summed E-state index contributed by atoms with van der Waals surface area (Å²) in [5, 5.41) is 8.73. The highest BCUT2D eigenvalue weighted by atomic mass is 19.4. The Kier molecular flexibility index (Phi) is 6.96. The van der Waals surface area contributed by atoms with Crippen LogP contribution in [0.15, 0.2) is 61.1 Å². The summed E-state index contributed by atoms with van der Waals surface area (Å²) in [6.45, 7) is -0.271. The number of piperidine rings is 1. The Labute approximate surface area is 205 Å². The molecule has 4 heterocycles. The molecule has 1 fully saturated rings. The van der Waals surface area contributed by atoms with Gasteiger partial charge in [0.15, 0.2) is 6.10 Å². The van der Waals surface area contributed by atoms with Crippen molar-refractivity contribution < 1.29 is 41.4 Å². The van der Waals surface area contributed by atoms with Gasteiger partial charge in [-0.05, 0) is 18.2 Å². The molecule has 1 saturated heterocycles. The first kappa shape index (κ1) is 25.8. The molecule has 8 nitrogen and oxygen atoms in total. The maximum atomic E-state index is 14.6. The van der Waals surface area contributed by atoms with E-state index in [4.69, 9.17) is 14.6 Å². The van der Waals surface area contributed by atoms with Crippen molar-refractivity contribution >= 4 is 33.7 Å². The summed E-state index contributed by atoms with van der Waals surface area (Å²) in [5.41, 5.74) is 1.81. The monoisotopic (exact) mass is 522 g/mol. The SMILES string of the molecule is O=C(O)C(F)(F)F.O=C(c1c[nH]c2cnccc12)N1CCC(F)(F)[C@@H](Oc2ccc3ccccc3n2)C1. The third kappa shape index (κ3) is 5.76. The number of carboxylic acids is 1. The number of likely N-dealkylation sites (tertiary alicyclic amines) is 1. The van der Waals surface area contributed by atoms with E-state index < -0.39 is 30.6 Å². The molecule has 0 bridgehead atoms. The third-order valence-corrected chi connectivity index (χ3v) is 5.65. The molecular weight excluding hydrogens is 503 g/mol. The lowest BCUT2D eigenvalue weighted by molar-refractivity contribution is -0.192. The number of hydrogen-bond donors (Lipinski definition) is 2. The number of nitrogens with one attached hydrogen (secondary N) is 1. The molecule has 1 aliphatic rings. The second-order valence-electron chi connectivity index (χ2n) is 8.14. The van der Waals surface area contributed by atoms with E-state index >= 15 is 0 Å². The number of hydrogen-bond acceptors (Lipinski definition) is 5. The molecular formula is C24H19F5N4O4. The second-order valence-corrected chi connectivity index (χ2v) is 8.14. The summed E-state index contributed by atoms with van der Waals surface area (Å²) in [5.74, 6) is -6.02. The number of rotatable bonds is 3. The van der Waals surface area contributed by atoms with E-state index in [1.807, 2.05) is 18.2 Å². The Hall–Kier alpha value is -4.29. The number of benzene rings is 1. The summed E-state index contributed by atoms with van der Waals surface area (Å²) < 4.78 is 66.5. The molecule has 4 aromatic rings. The van der Waals surface area contributed by atoms with Gasteiger partial charge in [-0.3, -0.25) is 9.78 Å². The van der Waals surface area contributed by atoms with Crippen LogP contribution >= 0.6 is 0 Å². The summed E-state index contributed by atoms with van der Waals surface area (Å²) in [6.07, 6.45) is -2.23. The lowest BCUT2D eigenvalue weighted by Crippen LogP contribution is -2.55. The fraction of sp³-hybridized carbons (Fsp3) is 0.250. The van der Waals surface area contributed by atoms with E-state index in [1.165, 1.54) is 4.90 Å². The Morgan fingerprint density at radius 2 is 1.86 bits per heavy atom. The van der Waals surface area contributed by atoms with Crippen LogP contribution in [0.3, 0.4) is 0 Å². The Morgan fingerprint density at radius 3 is 2.59 bits per heavy atom. The van der Waals surface area contributed by atoms with Crippen molar-refractivity contribution in [1.29, 1.82) is 0 Å². The number of pyridine rings is 2. The van der Waals surface area contributed by atoms with E-state index in [-0.39, 0.29) is 24.9 Å². The molecule has 0 saturated carbocycles. The van der Waals surface area contributed by atoms with Crippen molar-refractivity contribution in [3.8, 4) is 5.88 Å². The fourth-order valence-corrected chi connectivity index (χ4v) is 3.76. The Bertz CT molecular complexity index is 1440. The maximum Gasteiger partial charge on any atom is 0.490 e. The smallest absolute Gasteiger partial charge is 0.475 e. The predicted octanol–water partition coefficient (Wildman–Crippen LogP) is 4.67. The molecule has 2 N–H and O–H groups in total. The molecule has 3 aromatic heterocycles. The van der Waals surface area contributed by atoms with Crippen LogP contribution < -0.4 is 4.74 Å². The first-order valence-electron chi connectivity index (χ1n) is 10.9. The highest BCUT2D eigenvalue weighted by Crippen LogP contribution is 2.33. The van der Waals surface area contributed by atoms with Gasteiger partial charge in [0.1, 0.15) is 0 Å². The number of ether oxygens (including phenoxy) is 1. The Morgan fingerprint density at radius 1 is 1.14 bits per heavy atom. The third-order valence-electron chi connectivity index (χ3n) is 5.65. The summed E-state index contributed by atoms with van der Waals surface area (Å²) >= 11 is 0. The van der Waals surface area contributed by atoms with Crippen LogP contribution in [-0.2, 0) is 4.79 Å². The highest BCUT2D eigenvalue weighted by Gasteiger charge is 2.47. The van der Waals surface area contributed by atoms with E-state index in [0.29, 0.717) is 16.5 Å². The van der Waals surface area contributed by atoms with E-state index in [2.05, 4.69) is 15.0 Å². The fourth-order valence-electron chi connectivity index (χ4n) is 3.76. The number of aromatic amines is 1. The van der Waals surface area contributed by atoms with Crippen molar-refractivity contribution in [2.75, 3.05) is 13.1 Å². The van der Waals surface area contributed by atoms with Gasteiger partial charge < -0.3 is 19.7 Å². The van der Waals surface area contributed by atoms with Crippen molar-refractivity contribution in [2.24, 2.45) is 0 Å². The number of carbonyl (C=O) groups excluding carboxylic acids is 1. The summed E-state index contributed by atoms with van der Waals surface area (Å²) in [7, 11) is 0. The lowest BCUT2D eigenvalue weighted by atomic mass is 10.0. The molecule has 194 valence electrons. The molecule has 1 aliphatic heterocycles. The standard InChI is InChI=1S/C22H18F2N4O2.C2HF3O2/c23-22(24)8-10-28(21(29)16-11-26-18-12-25-9-7-15(16)18)13-19(22)30-20-6-5-14-3-1-2-4-17(14)27-20;3-2(4,5)1(6)7/h1-7,9,11-12,19,26H,8,10,13H2;(H,6,7)/t19-;/m0./s1. The number of fused-ring (bicyclic) bond motifs is 2. The molecule has 0 unspecified atom stereocenters. The van der Waals surface area contributed by atoms with E-state index in [0.717, 1.165) is 10.9 Å². The largest absolute Gasteiger partial charge is 0.490 e. The minimum absolute atomic E-state index is 0.0470. The zero-order valence-corrected chi connectivity index (χ0v) is 18.9. The number of carbonyl (C=O) groups is 2. The molecule has 1 amide bonds. The van der Waals surface area contributed by atoms with Crippen molar-refractivity contribution in [3.63, 3.8) is 0 Å². The number of para-hydroxylation sites is 1. The molecule has 13 heteroatoms. The van der Waals surface area contributed by atoms with Crippen LogP contribution in [0, 0.1) is 0 Å². The van der Waals surface area contributed by atoms with Crippen molar-refractivity contribution in [3.05, 3.63) is 66.6 Å². The van der Waals surface area contributed by atoms with Gasteiger partial charge in [-0.2, -0.15) is 13.2 Å². The maximum absolute atomic E-state index is 14.6. The number of H-pyrrole nitrogens is 1. The summed E-state index contributed by atoms with van der Waals surface area (Å²) in [4.78, 5) is 34.7. The molecule has 0 aliphatic carbocycles. The Balaban J connectivity index is 0.000000405. The number of aromatic nitrogens is 3. The zero-order valence-electron chi connectivity index (χ0n) is 18.9.